The fourth-order valence-corrected chi connectivity index (χ4v) is 2.71. The summed E-state index contributed by atoms with van der Waals surface area (Å²) in [5, 5.41) is 7.93. The maximum absolute atomic E-state index is 12.6. The molecule has 118 valence electrons. The van der Waals surface area contributed by atoms with Gasteiger partial charge in [0, 0.05) is 20.0 Å². The van der Waals surface area contributed by atoms with Crippen LogP contribution >= 0.6 is 0 Å². The molecule has 0 unspecified atom stereocenters. The maximum Gasteiger partial charge on any atom is 0.289 e. The molecule has 22 heavy (non-hydrogen) atoms. The fraction of sp³-hybridized carbons (Fsp3) is 0.533. The van der Waals surface area contributed by atoms with Crippen LogP contribution in [0.15, 0.2) is 16.8 Å². The van der Waals surface area contributed by atoms with Crippen LogP contribution in [0.5, 0.6) is 0 Å². The zero-order chi connectivity index (χ0) is 15.7. The Morgan fingerprint density at radius 2 is 2.32 bits per heavy atom. The van der Waals surface area contributed by atoms with Crippen LogP contribution in [0.4, 0.5) is 0 Å². The molecule has 0 aromatic carbocycles. The Kier molecular flexibility index (Phi) is 3.98. The highest BCUT2D eigenvalue weighted by Crippen LogP contribution is 2.23. The molecule has 0 radical (unpaired) electrons. The molecule has 0 saturated carbocycles. The highest BCUT2D eigenvalue weighted by Gasteiger charge is 2.30. The first-order valence-electron chi connectivity index (χ1n) is 7.44. The number of hydrogen-bond donors (Lipinski definition) is 0. The Morgan fingerprint density at radius 3 is 2.95 bits per heavy atom. The van der Waals surface area contributed by atoms with Crippen molar-refractivity contribution in [2.45, 2.75) is 26.4 Å². The second-order valence-corrected chi connectivity index (χ2v) is 5.48. The SMILES string of the molecule is CCc1oc(C(=O)N2CCO[C@H](c3nncn3C)C2)cc1C. The molecule has 0 spiro atoms. The summed E-state index contributed by atoms with van der Waals surface area (Å²) in [7, 11) is 1.86. The van der Waals surface area contributed by atoms with Gasteiger partial charge in [0.15, 0.2) is 11.6 Å². The van der Waals surface area contributed by atoms with E-state index in [1.807, 2.05) is 31.5 Å². The Balaban J connectivity index is 1.76. The number of aryl methyl sites for hydroxylation is 3. The molecule has 1 atom stereocenters. The molecule has 0 aliphatic carbocycles. The molecule has 1 saturated heterocycles. The number of aromatic nitrogens is 3. The number of amides is 1. The van der Waals surface area contributed by atoms with Gasteiger partial charge in [-0.3, -0.25) is 4.79 Å². The third-order valence-corrected chi connectivity index (χ3v) is 3.94. The average molecular weight is 304 g/mol. The second-order valence-electron chi connectivity index (χ2n) is 5.48. The van der Waals surface area contributed by atoms with E-state index >= 15 is 0 Å². The van der Waals surface area contributed by atoms with E-state index in [0.29, 0.717) is 25.5 Å². The van der Waals surface area contributed by atoms with E-state index in [1.165, 1.54) is 0 Å². The van der Waals surface area contributed by atoms with Crippen molar-refractivity contribution in [3.8, 4) is 0 Å². The van der Waals surface area contributed by atoms with E-state index < -0.39 is 0 Å². The minimum Gasteiger partial charge on any atom is -0.456 e. The smallest absolute Gasteiger partial charge is 0.289 e. The molecule has 3 heterocycles. The molecule has 1 fully saturated rings. The quantitative estimate of drug-likeness (QED) is 0.859. The van der Waals surface area contributed by atoms with Gasteiger partial charge in [0.2, 0.25) is 0 Å². The first-order valence-corrected chi connectivity index (χ1v) is 7.44. The van der Waals surface area contributed by atoms with Crippen LogP contribution in [-0.4, -0.2) is 45.3 Å². The van der Waals surface area contributed by atoms with Crippen molar-refractivity contribution in [1.82, 2.24) is 19.7 Å². The third-order valence-electron chi connectivity index (χ3n) is 3.94. The lowest BCUT2D eigenvalue weighted by Crippen LogP contribution is -2.42. The standard InChI is InChI=1S/C15H20N4O3/c1-4-11-10(2)7-12(22-11)15(20)19-5-6-21-13(8-19)14-17-16-9-18(14)3/h7,9,13H,4-6,8H2,1-3H3/t13-/m0/s1. The van der Waals surface area contributed by atoms with Gasteiger partial charge in [0.1, 0.15) is 18.2 Å². The maximum atomic E-state index is 12.6. The molecule has 1 aliphatic rings. The molecular formula is C15H20N4O3. The summed E-state index contributed by atoms with van der Waals surface area (Å²) in [5.41, 5.74) is 1.02. The number of carbonyl (C=O) groups excluding carboxylic acids is 1. The molecule has 1 aliphatic heterocycles. The van der Waals surface area contributed by atoms with E-state index in [1.54, 1.807) is 11.2 Å². The van der Waals surface area contributed by atoms with Gasteiger partial charge in [-0.05, 0) is 18.6 Å². The summed E-state index contributed by atoms with van der Waals surface area (Å²) in [6.07, 6.45) is 2.15. The summed E-state index contributed by atoms with van der Waals surface area (Å²) < 4.78 is 13.2. The monoisotopic (exact) mass is 304 g/mol. The number of hydrogen-bond acceptors (Lipinski definition) is 5. The summed E-state index contributed by atoms with van der Waals surface area (Å²) in [4.78, 5) is 14.4. The van der Waals surface area contributed by atoms with Crippen LogP contribution in [0.25, 0.3) is 0 Å². The lowest BCUT2D eigenvalue weighted by atomic mass is 10.2. The van der Waals surface area contributed by atoms with Crippen molar-refractivity contribution in [2.24, 2.45) is 7.05 Å². The van der Waals surface area contributed by atoms with Gasteiger partial charge in [-0.15, -0.1) is 10.2 Å². The van der Waals surface area contributed by atoms with Crippen molar-refractivity contribution in [3.05, 3.63) is 35.3 Å². The van der Waals surface area contributed by atoms with Crippen molar-refractivity contribution in [2.75, 3.05) is 19.7 Å². The van der Waals surface area contributed by atoms with Gasteiger partial charge in [-0.1, -0.05) is 6.92 Å². The summed E-state index contributed by atoms with van der Waals surface area (Å²) in [6.45, 7) is 5.45. The van der Waals surface area contributed by atoms with Crippen LogP contribution in [0.1, 0.15) is 40.7 Å². The van der Waals surface area contributed by atoms with Crippen LogP contribution in [0.3, 0.4) is 0 Å². The molecule has 7 nitrogen and oxygen atoms in total. The van der Waals surface area contributed by atoms with Gasteiger partial charge in [-0.2, -0.15) is 0 Å². The molecule has 0 bridgehead atoms. The van der Waals surface area contributed by atoms with Gasteiger partial charge in [0.25, 0.3) is 5.91 Å². The molecular weight excluding hydrogens is 284 g/mol. The number of furan rings is 1. The van der Waals surface area contributed by atoms with Crippen LogP contribution in [-0.2, 0) is 18.2 Å². The predicted molar refractivity (Wildman–Crippen MR) is 78.4 cm³/mol. The lowest BCUT2D eigenvalue weighted by Gasteiger charge is -2.31. The van der Waals surface area contributed by atoms with Crippen molar-refractivity contribution >= 4 is 5.91 Å². The van der Waals surface area contributed by atoms with Crippen molar-refractivity contribution in [1.29, 1.82) is 0 Å². The largest absolute Gasteiger partial charge is 0.456 e. The van der Waals surface area contributed by atoms with Gasteiger partial charge in [0.05, 0.1) is 13.2 Å². The van der Waals surface area contributed by atoms with E-state index in [9.17, 15) is 4.79 Å². The highest BCUT2D eigenvalue weighted by molar-refractivity contribution is 5.91. The summed E-state index contributed by atoms with van der Waals surface area (Å²) in [5.74, 6) is 1.88. The second kappa shape index (κ2) is 5.92. The lowest BCUT2D eigenvalue weighted by molar-refractivity contribution is -0.0290. The van der Waals surface area contributed by atoms with Gasteiger partial charge in [-0.25, -0.2) is 0 Å². The minimum atomic E-state index is -0.257. The molecule has 2 aromatic rings. The number of ether oxygens (including phenoxy) is 1. The fourth-order valence-electron chi connectivity index (χ4n) is 2.71. The molecule has 2 aromatic heterocycles. The Bertz CT molecular complexity index is 676. The Morgan fingerprint density at radius 1 is 1.50 bits per heavy atom. The molecule has 1 amide bonds. The molecule has 0 N–H and O–H groups in total. The number of nitrogens with zero attached hydrogens (tertiary/aromatic N) is 4. The molecule has 3 rings (SSSR count). The number of carbonyl (C=O) groups is 1. The van der Waals surface area contributed by atoms with Crippen LogP contribution in [0.2, 0.25) is 0 Å². The minimum absolute atomic E-state index is 0.0988. The topological polar surface area (TPSA) is 73.4 Å². The zero-order valence-corrected chi connectivity index (χ0v) is 13.1. The highest BCUT2D eigenvalue weighted by atomic mass is 16.5. The summed E-state index contributed by atoms with van der Waals surface area (Å²) in [6, 6.07) is 1.81. The van der Waals surface area contributed by atoms with Gasteiger partial charge >= 0.3 is 0 Å². The Hall–Kier alpha value is -2.15. The number of morpholine rings is 1. The summed E-state index contributed by atoms with van der Waals surface area (Å²) >= 11 is 0. The van der Waals surface area contributed by atoms with E-state index in [2.05, 4.69) is 10.2 Å². The van der Waals surface area contributed by atoms with Gasteiger partial charge < -0.3 is 18.6 Å². The first-order chi connectivity index (χ1) is 10.6. The van der Waals surface area contributed by atoms with Crippen molar-refractivity contribution < 1.29 is 13.9 Å². The van der Waals surface area contributed by atoms with Crippen LogP contribution in [0, 0.1) is 6.92 Å². The first kappa shape index (κ1) is 14.8. The Labute approximate surface area is 128 Å². The normalized spacial score (nSPS) is 18.7. The molecule has 7 heteroatoms. The van der Waals surface area contributed by atoms with E-state index in [-0.39, 0.29) is 12.0 Å². The van der Waals surface area contributed by atoms with Crippen molar-refractivity contribution in [3.63, 3.8) is 0 Å². The zero-order valence-electron chi connectivity index (χ0n) is 13.1. The van der Waals surface area contributed by atoms with E-state index in [0.717, 1.165) is 23.6 Å². The van der Waals surface area contributed by atoms with E-state index in [4.69, 9.17) is 9.15 Å². The third kappa shape index (κ3) is 2.64. The predicted octanol–water partition coefficient (Wildman–Crippen LogP) is 1.49. The van der Waals surface area contributed by atoms with Crippen LogP contribution < -0.4 is 0 Å². The average Bonchev–Trinajstić information content (AvgIpc) is 3.12. The number of rotatable bonds is 3.